The maximum atomic E-state index is 13.7. The summed E-state index contributed by atoms with van der Waals surface area (Å²) in [6.45, 7) is 1.07. The fraction of sp³-hybridized carbons (Fsp3) is 0.250. The first-order valence-corrected chi connectivity index (χ1v) is 9.05. The molecule has 120 valence electrons. The Kier molecular flexibility index (Phi) is 4.78. The molecular formula is C16H17FN4OS. The molecule has 3 rings (SSSR count). The molecule has 0 aliphatic rings. The number of rotatable bonds is 6. The van der Waals surface area contributed by atoms with Gasteiger partial charge >= 0.3 is 0 Å². The summed E-state index contributed by atoms with van der Waals surface area (Å²) in [6.07, 6.45) is 6.91. The Balaban J connectivity index is 1.80. The molecule has 0 aromatic carbocycles. The minimum absolute atomic E-state index is 0.129. The SMILES string of the molecule is C=S(C)CCOCn1ccc2nc(-c3cccnc3F)cnc21. The first-order chi connectivity index (χ1) is 11.1. The van der Waals surface area contributed by atoms with Crippen molar-refractivity contribution in [1.29, 1.82) is 0 Å². The number of hydrogen-bond donors (Lipinski definition) is 0. The van der Waals surface area contributed by atoms with E-state index in [0.29, 0.717) is 35.8 Å². The zero-order valence-electron chi connectivity index (χ0n) is 12.8. The number of halogens is 1. The second-order valence-electron chi connectivity index (χ2n) is 5.11. The molecule has 1 unspecified atom stereocenters. The van der Waals surface area contributed by atoms with Crippen LogP contribution in [-0.2, 0) is 11.5 Å². The van der Waals surface area contributed by atoms with Gasteiger partial charge in [-0.05, 0) is 24.5 Å². The predicted molar refractivity (Wildman–Crippen MR) is 92.2 cm³/mol. The second kappa shape index (κ2) is 6.97. The van der Waals surface area contributed by atoms with E-state index in [1.807, 2.05) is 16.8 Å². The number of nitrogens with zero attached hydrogens (tertiary/aromatic N) is 4. The summed E-state index contributed by atoms with van der Waals surface area (Å²) in [5.41, 5.74) is 2.22. The zero-order chi connectivity index (χ0) is 16.2. The standard InChI is InChI=1S/C16H17FN4OS/c1-23(2)9-8-22-11-21-7-5-13-16(21)19-10-14(20-13)12-4-3-6-18-15(12)17/h3-7,10H,1,8-9,11H2,2H3. The van der Waals surface area contributed by atoms with Crippen molar-refractivity contribution in [1.82, 2.24) is 19.5 Å². The Morgan fingerprint density at radius 3 is 3.00 bits per heavy atom. The van der Waals surface area contributed by atoms with Gasteiger partial charge in [0.2, 0.25) is 5.95 Å². The van der Waals surface area contributed by atoms with Crippen molar-refractivity contribution in [3.8, 4) is 11.3 Å². The van der Waals surface area contributed by atoms with Gasteiger partial charge in [-0.1, -0.05) is 5.87 Å². The van der Waals surface area contributed by atoms with Gasteiger partial charge in [-0.15, -0.1) is 0 Å². The summed E-state index contributed by atoms with van der Waals surface area (Å²) in [4.78, 5) is 12.5. The van der Waals surface area contributed by atoms with Gasteiger partial charge < -0.3 is 9.30 Å². The van der Waals surface area contributed by atoms with Crippen LogP contribution in [0.5, 0.6) is 0 Å². The molecule has 0 saturated heterocycles. The lowest BCUT2D eigenvalue weighted by Crippen LogP contribution is -2.05. The van der Waals surface area contributed by atoms with Crippen LogP contribution >= 0.6 is 10.5 Å². The van der Waals surface area contributed by atoms with Gasteiger partial charge in [0.05, 0.1) is 24.1 Å². The Morgan fingerprint density at radius 1 is 1.35 bits per heavy atom. The first-order valence-electron chi connectivity index (χ1n) is 7.08. The normalized spacial score (nSPS) is 12.6. The van der Waals surface area contributed by atoms with Crippen LogP contribution in [0.4, 0.5) is 4.39 Å². The van der Waals surface area contributed by atoms with Gasteiger partial charge in [0, 0.05) is 18.1 Å². The average Bonchev–Trinajstić information content (AvgIpc) is 2.94. The Hall–Kier alpha value is -2.12. The second-order valence-corrected chi connectivity index (χ2v) is 7.09. The highest BCUT2D eigenvalue weighted by Crippen LogP contribution is 2.21. The van der Waals surface area contributed by atoms with Crippen molar-refractivity contribution in [2.24, 2.45) is 0 Å². The van der Waals surface area contributed by atoms with E-state index in [4.69, 9.17) is 4.74 Å². The summed E-state index contributed by atoms with van der Waals surface area (Å²) >= 11 is 0. The van der Waals surface area contributed by atoms with E-state index in [1.54, 1.807) is 18.3 Å². The number of aromatic nitrogens is 4. The van der Waals surface area contributed by atoms with Crippen molar-refractivity contribution in [2.75, 3.05) is 18.6 Å². The molecule has 0 aliphatic carbocycles. The lowest BCUT2D eigenvalue weighted by atomic mass is 10.2. The number of ether oxygens (including phenoxy) is 1. The molecule has 0 bridgehead atoms. The van der Waals surface area contributed by atoms with Crippen molar-refractivity contribution in [3.63, 3.8) is 0 Å². The third-order valence-corrected chi connectivity index (χ3v) is 4.17. The fourth-order valence-corrected chi connectivity index (χ4v) is 2.54. The van der Waals surface area contributed by atoms with Crippen molar-refractivity contribution in [2.45, 2.75) is 6.73 Å². The lowest BCUT2D eigenvalue weighted by Gasteiger charge is -2.07. The van der Waals surface area contributed by atoms with Gasteiger partial charge in [0.25, 0.3) is 0 Å². The van der Waals surface area contributed by atoms with Crippen molar-refractivity contribution >= 4 is 27.5 Å². The van der Waals surface area contributed by atoms with Crippen LogP contribution in [0.25, 0.3) is 22.4 Å². The third-order valence-electron chi connectivity index (χ3n) is 3.31. The monoisotopic (exact) mass is 332 g/mol. The molecule has 1 atom stereocenters. The van der Waals surface area contributed by atoms with E-state index in [9.17, 15) is 4.39 Å². The molecule has 0 amide bonds. The van der Waals surface area contributed by atoms with Crippen LogP contribution < -0.4 is 0 Å². The summed E-state index contributed by atoms with van der Waals surface area (Å²) < 4.78 is 21.2. The molecule has 0 spiro atoms. The highest BCUT2D eigenvalue weighted by molar-refractivity contribution is 8.13. The molecule has 3 aromatic rings. The Bertz CT molecular complexity index is 849. The van der Waals surface area contributed by atoms with E-state index >= 15 is 0 Å². The predicted octanol–water partition coefficient (Wildman–Crippen LogP) is 2.94. The van der Waals surface area contributed by atoms with Gasteiger partial charge in [0.15, 0.2) is 5.65 Å². The molecule has 0 aliphatic heterocycles. The fourth-order valence-electron chi connectivity index (χ4n) is 2.14. The summed E-state index contributed by atoms with van der Waals surface area (Å²) in [5.74, 6) is 4.34. The molecule has 0 N–H and O–H groups in total. The van der Waals surface area contributed by atoms with Crippen LogP contribution in [0, 0.1) is 5.95 Å². The molecule has 0 saturated carbocycles. The quantitative estimate of drug-likeness (QED) is 0.396. The van der Waals surface area contributed by atoms with Crippen molar-refractivity contribution < 1.29 is 9.13 Å². The van der Waals surface area contributed by atoms with Gasteiger partial charge in [-0.25, -0.2) is 15.0 Å². The maximum absolute atomic E-state index is 13.7. The Labute approximate surface area is 136 Å². The minimum Gasteiger partial charge on any atom is -0.360 e. The number of hydrogen-bond acceptors (Lipinski definition) is 4. The van der Waals surface area contributed by atoms with Gasteiger partial charge in [-0.2, -0.15) is 14.9 Å². The number of pyridine rings is 1. The van der Waals surface area contributed by atoms with E-state index < -0.39 is 5.95 Å². The van der Waals surface area contributed by atoms with E-state index in [-0.39, 0.29) is 10.5 Å². The van der Waals surface area contributed by atoms with Gasteiger partial charge in [0.1, 0.15) is 12.2 Å². The highest BCUT2D eigenvalue weighted by atomic mass is 32.2. The number of fused-ring (bicyclic) bond motifs is 1. The molecule has 3 heterocycles. The van der Waals surface area contributed by atoms with Gasteiger partial charge in [-0.3, -0.25) is 0 Å². The maximum Gasteiger partial charge on any atom is 0.222 e. The molecule has 5 nitrogen and oxygen atoms in total. The van der Waals surface area contributed by atoms with Crippen molar-refractivity contribution in [3.05, 3.63) is 42.7 Å². The van der Waals surface area contributed by atoms with Crippen LogP contribution in [-0.4, -0.2) is 44.0 Å². The average molecular weight is 332 g/mol. The van der Waals surface area contributed by atoms with E-state index in [0.717, 1.165) is 5.75 Å². The summed E-state index contributed by atoms with van der Waals surface area (Å²) in [7, 11) is 0.129. The largest absolute Gasteiger partial charge is 0.360 e. The molecule has 3 aromatic heterocycles. The first kappa shape index (κ1) is 15.8. The lowest BCUT2D eigenvalue weighted by molar-refractivity contribution is 0.0926. The van der Waals surface area contributed by atoms with E-state index in [1.165, 1.54) is 6.20 Å². The highest BCUT2D eigenvalue weighted by Gasteiger charge is 2.10. The molecule has 0 radical (unpaired) electrons. The van der Waals surface area contributed by atoms with Crippen LogP contribution in [0.2, 0.25) is 0 Å². The van der Waals surface area contributed by atoms with Crippen LogP contribution in [0.3, 0.4) is 0 Å². The molecule has 0 fully saturated rings. The van der Waals surface area contributed by atoms with E-state index in [2.05, 4.69) is 27.1 Å². The molecule has 23 heavy (non-hydrogen) atoms. The topological polar surface area (TPSA) is 52.8 Å². The summed E-state index contributed by atoms with van der Waals surface area (Å²) in [5, 5.41) is 0. The third kappa shape index (κ3) is 3.62. The van der Waals surface area contributed by atoms with Crippen LogP contribution in [0.15, 0.2) is 36.8 Å². The molecular weight excluding hydrogens is 315 g/mol. The Morgan fingerprint density at radius 2 is 2.22 bits per heavy atom. The zero-order valence-corrected chi connectivity index (χ0v) is 13.6. The smallest absolute Gasteiger partial charge is 0.222 e. The molecule has 7 heteroatoms. The minimum atomic E-state index is -0.549. The summed E-state index contributed by atoms with van der Waals surface area (Å²) in [6, 6.07) is 5.15. The van der Waals surface area contributed by atoms with Crippen LogP contribution in [0.1, 0.15) is 0 Å².